The molecule has 4 N–H and O–H groups in total. The summed E-state index contributed by atoms with van der Waals surface area (Å²) in [6.07, 6.45) is 3.03. The molecule has 2 aromatic carbocycles. The van der Waals surface area contributed by atoms with Crippen LogP contribution in [-0.4, -0.2) is 25.0 Å². The molecule has 0 fully saturated rings. The van der Waals surface area contributed by atoms with Crippen LogP contribution >= 0.6 is 0 Å². The number of rotatable bonds is 5. The number of nitrogens with one attached hydrogen (secondary N) is 2. The van der Waals surface area contributed by atoms with Crippen molar-refractivity contribution in [2.75, 3.05) is 29.0 Å². The minimum atomic E-state index is -0.219. The highest BCUT2D eigenvalue weighted by Crippen LogP contribution is 2.31. The Balaban J connectivity index is 1.64. The normalized spacial score (nSPS) is 13.0. The van der Waals surface area contributed by atoms with Gasteiger partial charge >= 0.3 is 6.03 Å². The Labute approximate surface area is 159 Å². The fraction of sp³-hybridized carbons (Fsp3) is 0.333. The summed E-state index contributed by atoms with van der Waals surface area (Å²) in [7, 11) is 0. The average Bonchev–Trinajstić information content (AvgIpc) is 2.68. The van der Waals surface area contributed by atoms with Gasteiger partial charge in [0.05, 0.1) is 6.42 Å². The summed E-state index contributed by atoms with van der Waals surface area (Å²) in [4.78, 5) is 26.4. The summed E-state index contributed by atoms with van der Waals surface area (Å²) in [6, 6.07) is 12.9. The highest BCUT2D eigenvalue weighted by molar-refractivity contribution is 5.97. The zero-order chi connectivity index (χ0) is 19.2. The van der Waals surface area contributed by atoms with Crippen molar-refractivity contribution in [1.82, 2.24) is 5.32 Å². The minimum Gasteiger partial charge on any atom is -0.398 e. The summed E-state index contributed by atoms with van der Waals surface area (Å²) in [5.74, 6) is 0.0583. The first kappa shape index (κ1) is 18.8. The molecule has 6 heteroatoms. The van der Waals surface area contributed by atoms with Gasteiger partial charge in [-0.1, -0.05) is 25.1 Å². The molecular weight excluding hydrogens is 340 g/mol. The molecule has 0 unspecified atom stereocenters. The third-order valence-corrected chi connectivity index (χ3v) is 4.69. The molecule has 2 aromatic rings. The summed E-state index contributed by atoms with van der Waals surface area (Å²) in [5.41, 5.74) is 10.4. The topological polar surface area (TPSA) is 87.5 Å². The fourth-order valence-corrected chi connectivity index (χ4v) is 3.30. The second kappa shape index (κ2) is 8.58. The summed E-state index contributed by atoms with van der Waals surface area (Å²) in [6.45, 7) is 3.36. The Morgan fingerprint density at radius 2 is 1.93 bits per heavy atom. The molecule has 1 aliphatic rings. The van der Waals surface area contributed by atoms with E-state index in [-0.39, 0.29) is 11.9 Å². The van der Waals surface area contributed by atoms with E-state index in [1.807, 2.05) is 54.3 Å². The van der Waals surface area contributed by atoms with Crippen molar-refractivity contribution in [3.8, 4) is 0 Å². The van der Waals surface area contributed by atoms with Gasteiger partial charge in [0.1, 0.15) is 0 Å². The number of fused-ring (bicyclic) bond motifs is 1. The molecule has 0 bridgehead atoms. The van der Waals surface area contributed by atoms with Gasteiger partial charge in [0.15, 0.2) is 0 Å². The molecule has 6 nitrogen and oxygen atoms in total. The number of carbonyl (C=O) groups excluding carboxylic acids is 2. The van der Waals surface area contributed by atoms with Crippen LogP contribution in [0.1, 0.15) is 30.9 Å². The number of hydrogen-bond acceptors (Lipinski definition) is 3. The lowest BCUT2D eigenvalue weighted by Crippen LogP contribution is -2.36. The van der Waals surface area contributed by atoms with Crippen LogP contribution in [0.15, 0.2) is 42.5 Å². The predicted octanol–water partition coefficient (Wildman–Crippen LogP) is 3.32. The maximum absolute atomic E-state index is 12.8. The lowest BCUT2D eigenvalue weighted by atomic mass is 9.99. The highest BCUT2D eigenvalue weighted by atomic mass is 16.2. The molecule has 0 aromatic heterocycles. The van der Waals surface area contributed by atoms with E-state index in [2.05, 4.69) is 10.6 Å². The fourth-order valence-electron chi connectivity index (χ4n) is 3.30. The zero-order valence-corrected chi connectivity index (χ0v) is 15.6. The monoisotopic (exact) mass is 366 g/mol. The smallest absolute Gasteiger partial charge is 0.319 e. The molecule has 3 amide bonds. The maximum atomic E-state index is 12.8. The van der Waals surface area contributed by atoms with Crippen LogP contribution in [0, 0.1) is 0 Å². The van der Waals surface area contributed by atoms with Crippen LogP contribution in [0.2, 0.25) is 0 Å². The quantitative estimate of drug-likeness (QED) is 0.709. The van der Waals surface area contributed by atoms with Gasteiger partial charge in [-0.05, 0) is 54.7 Å². The van der Waals surface area contributed by atoms with Crippen LogP contribution in [0.5, 0.6) is 0 Å². The first-order chi connectivity index (χ1) is 13.1. The lowest BCUT2D eigenvalue weighted by Gasteiger charge is -2.30. The van der Waals surface area contributed by atoms with Gasteiger partial charge in [0.2, 0.25) is 5.91 Å². The Morgan fingerprint density at radius 3 is 2.67 bits per heavy atom. The Kier molecular flexibility index (Phi) is 5.96. The lowest BCUT2D eigenvalue weighted by molar-refractivity contribution is -0.118. The van der Waals surface area contributed by atoms with Crippen LogP contribution < -0.4 is 21.3 Å². The minimum absolute atomic E-state index is 0.0583. The molecule has 0 radical (unpaired) electrons. The number of urea groups is 1. The Morgan fingerprint density at radius 1 is 1.15 bits per heavy atom. The van der Waals surface area contributed by atoms with Crippen molar-refractivity contribution < 1.29 is 9.59 Å². The number of nitrogens with zero attached hydrogens (tertiary/aromatic N) is 1. The third-order valence-electron chi connectivity index (χ3n) is 4.69. The van der Waals surface area contributed by atoms with Gasteiger partial charge in [-0.25, -0.2) is 4.79 Å². The second-order valence-corrected chi connectivity index (χ2v) is 6.75. The average molecular weight is 366 g/mol. The summed E-state index contributed by atoms with van der Waals surface area (Å²) in [5, 5.41) is 5.54. The number of nitrogen functional groups attached to an aromatic ring is 1. The second-order valence-electron chi connectivity index (χ2n) is 6.75. The van der Waals surface area contributed by atoms with Crippen molar-refractivity contribution in [1.29, 1.82) is 0 Å². The Bertz CT molecular complexity index is 817. The molecule has 0 aliphatic carbocycles. The number of carbonyl (C=O) groups is 2. The molecule has 1 heterocycles. The number of hydrogen-bond donors (Lipinski definition) is 3. The number of nitrogens with two attached hydrogens (primary N) is 1. The number of benzene rings is 2. The standard InChI is InChI=1S/C21H26N4O2/c1-2-12-23-21(27)24-16-10-8-15(9-11-16)14-20(26)25-13-4-5-17-18(22)6-3-7-19(17)25/h3,6-11H,2,4-5,12-14,22H2,1H3,(H2,23,24,27). The first-order valence-electron chi connectivity index (χ1n) is 9.40. The molecule has 0 spiro atoms. The van der Waals surface area contributed by atoms with Gasteiger partial charge in [-0.2, -0.15) is 0 Å². The van der Waals surface area contributed by atoms with Crippen LogP contribution in [-0.2, 0) is 17.6 Å². The molecule has 3 rings (SSSR count). The van der Waals surface area contributed by atoms with Crippen LogP contribution in [0.25, 0.3) is 0 Å². The van der Waals surface area contributed by atoms with Crippen LogP contribution in [0.4, 0.5) is 21.9 Å². The molecule has 0 atom stereocenters. The highest BCUT2D eigenvalue weighted by Gasteiger charge is 2.23. The van der Waals surface area contributed by atoms with Crippen LogP contribution in [0.3, 0.4) is 0 Å². The van der Waals surface area contributed by atoms with E-state index in [0.29, 0.717) is 25.2 Å². The molecule has 1 aliphatic heterocycles. The summed E-state index contributed by atoms with van der Waals surface area (Å²) < 4.78 is 0. The molecule has 142 valence electrons. The predicted molar refractivity (Wildman–Crippen MR) is 109 cm³/mol. The molecular formula is C21H26N4O2. The van der Waals surface area contributed by atoms with Crippen molar-refractivity contribution >= 4 is 29.0 Å². The van der Waals surface area contributed by atoms with Crippen molar-refractivity contribution in [3.05, 3.63) is 53.6 Å². The van der Waals surface area contributed by atoms with Crippen molar-refractivity contribution in [2.24, 2.45) is 0 Å². The first-order valence-corrected chi connectivity index (χ1v) is 9.40. The maximum Gasteiger partial charge on any atom is 0.319 e. The SMILES string of the molecule is CCCNC(=O)Nc1ccc(CC(=O)N2CCCc3c(N)cccc32)cc1. The number of amides is 3. The van der Waals surface area contributed by atoms with E-state index in [9.17, 15) is 9.59 Å². The van der Waals surface area contributed by atoms with E-state index >= 15 is 0 Å². The van der Waals surface area contributed by atoms with Gasteiger partial charge in [0.25, 0.3) is 0 Å². The van der Waals surface area contributed by atoms with Gasteiger partial charge in [-0.15, -0.1) is 0 Å². The Hall–Kier alpha value is -3.02. The van der Waals surface area contributed by atoms with E-state index in [0.717, 1.165) is 41.8 Å². The molecule has 0 saturated heterocycles. The number of anilines is 3. The third kappa shape index (κ3) is 4.58. The van der Waals surface area contributed by atoms with Crippen molar-refractivity contribution in [3.63, 3.8) is 0 Å². The van der Waals surface area contributed by atoms with Gasteiger partial charge in [-0.3, -0.25) is 4.79 Å². The van der Waals surface area contributed by atoms with Gasteiger partial charge < -0.3 is 21.3 Å². The van der Waals surface area contributed by atoms with Gasteiger partial charge in [0, 0.05) is 30.2 Å². The zero-order valence-electron chi connectivity index (χ0n) is 15.6. The largest absolute Gasteiger partial charge is 0.398 e. The van der Waals surface area contributed by atoms with Crippen molar-refractivity contribution in [2.45, 2.75) is 32.6 Å². The van der Waals surface area contributed by atoms with E-state index in [1.54, 1.807) is 0 Å². The molecule has 27 heavy (non-hydrogen) atoms. The van der Waals surface area contributed by atoms with E-state index in [4.69, 9.17) is 5.73 Å². The summed E-state index contributed by atoms with van der Waals surface area (Å²) >= 11 is 0. The van der Waals surface area contributed by atoms with E-state index < -0.39 is 0 Å². The van der Waals surface area contributed by atoms with E-state index in [1.165, 1.54) is 0 Å². The molecule has 0 saturated carbocycles.